The van der Waals surface area contributed by atoms with Gasteiger partial charge in [0.05, 0.1) is 6.61 Å². The summed E-state index contributed by atoms with van der Waals surface area (Å²) in [6.45, 7) is 3.17. The number of benzene rings is 1. The summed E-state index contributed by atoms with van der Waals surface area (Å²) in [5, 5.41) is 0.609. The summed E-state index contributed by atoms with van der Waals surface area (Å²) in [7, 11) is -3.59. The van der Waals surface area contributed by atoms with E-state index in [1.165, 1.54) is 6.20 Å². The lowest BCUT2D eigenvalue weighted by Crippen LogP contribution is -2.38. The Labute approximate surface area is 123 Å². The molecule has 1 aromatic heterocycles. The van der Waals surface area contributed by atoms with Crippen molar-refractivity contribution in [1.29, 1.82) is 0 Å². The molecular weight excluding hydrogens is 290 g/mol. The van der Waals surface area contributed by atoms with Crippen LogP contribution in [0.5, 0.6) is 0 Å². The van der Waals surface area contributed by atoms with Crippen molar-refractivity contribution in [2.24, 2.45) is 5.92 Å². The summed E-state index contributed by atoms with van der Waals surface area (Å²) in [5.41, 5.74) is 7.04. The standard InChI is InChI=1S/C14H19N3O3S/c1-9(10-4-5-20-8-10)17-21(18,19)14-7-16-13-3-2-11(15)6-12(13)14/h2-3,6-7,9-10,16-17H,4-5,8,15H2,1H3. The van der Waals surface area contributed by atoms with Crippen molar-refractivity contribution in [3.05, 3.63) is 24.4 Å². The minimum Gasteiger partial charge on any atom is -0.399 e. The number of hydrogen-bond donors (Lipinski definition) is 3. The maximum atomic E-state index is 12.6. The highest BCUT2D eigenvalue weighted by molar-refractivity contribution is 7.89. The van der Waals surface area contributed by atoms with Crippen molar-refractivity contribution < 1.29 is 13.2 Å². The fourth-order valence-electron chi connectivity index (χ4n) is 2.69. The average Bonchev–Trinajstić information content (AvgIpc) is 3.07. The summed E-state index contributed by atoms with van der Waals surface area (Å²) >= 11 is 0. The van der Waals surface area contributed by atoms with Gasteiger partial charge in [0.2, 0.25) is 10.0 Å². The van der Waals surface area contributed by atoms with Crippen molar-refractivity contribution in [3.63, 3.8) is 0 Å². The zero-order valence-corrected chi connectivity index (χ0v) is 12.6. The number of fused-ring (bicyclic) bond motifs is 1. The molecule has 1 aliphatic rings. The third kappa shape index (κ3) is 2.76. The van der Waals surface area contributed by atoms with Gasteiger partial charge in [-0.25, -0.2) is 13.1 Å². The van der Waals surface area contributed by atoms with E-state index in [9.17, 15) is 8.42 Å². The number of hydrogen-bond acceptors (Lipinski definition) is 4. The number of aromatic amines is 1. The zero-order chi connectivity index (χ0) is 15.0. The second-order valence-corrected chi connectivity index (χ2v) is 7.17. The Morgan fingerprint density at radius 1 is 1.48 bits per heavy atom. The first-order valence-electron chi connectivity index (χ1n) is 6.94. The molecule has 3 rings (SSSR count). The molecule has 0 radical (unpaired) electrons. The first-order valence-corrected chi connectivity index (χ1v) is 8.42. The van der Waals surface area contributed by atoms with Crippen molar-refractivity contribution in [2.45, 2.75) is 24.3 Å². The Morgan fingerprint density at radius 3 is 3.00 bits per heavy atom. The Hall–Kier alpha value is -1.57. The second-order valence-electron chi connectivity index (χ2n) is 5.49. The van der Waals surface area contributed by atoms with Crippen LogP contribution in [0.4, 0.5) is 5.69 Å². The van der Waals surface area contributed by atoms with Gasteiger partial charge < -0.3 is 15.5 Å². The van der Waals surface area contributed by atoms with Gasteiger partial charge in [-0.1, -0.05) is 0 Å². The highest BCUT2D eigenvalue weighted by Gasteiger charge is 2.28. The van der Waals surface area contributed by atoms with Crippen LogP contribution in [-0.2, 0) is 14.8 Å². The maximum absolute atomic E-state index is 12.6. The molecule has 1 aromatic carbocycles. The van der Waals surface area contributed by atoms with Crippen molar-refractivity contribution in [2.75, 3.05) is 18.9 Å². The SMILES string of the molecule is CC(NS(=O)(=O)c1c[nH]c2ccc(N)cc12)C1CCOC1. The van der Waals surface area contributed by atoms with E-state index in [0.29, 0.717) is 24.3 Å². The molecule has 0 saturated carbocycles. The molecule has 0 spiro atoms. The van der Waals surface area contributed by atoms with Gasteiger partial charge in [-0.3, -0.25) is 0 Å². The number of nitrogens with one attached hydrogen (secondary N) is 2. The molecule has 2 unspecified atom stereocenters. The van der Waals surface area contributed by atoms with Gasteiger partial charge in [-0.05, 0) is 31.5 Å². The summed E-state index contributed by atoms with van der Waals surface area (Å²) in [6, 6.07) is 5.02. The predicted octanol–water partition coefficient (Wildman–Crippen LogP) is 1.45. The molecule has 7 heteroatoms. The summed E-state index contributed by atoms with van der Waals surface area (Å²) < 4.78 is 33.2. The highest BCUT2D eigenvalue weighted by atomic mass is 32.2. The Kier molecular flexibility index (Phi) is 3.64. The number of aromatic nitrogens is 1. The molecule has 4 N–H and O–H groups in total. The number of ether oxygens (including phenoxy) is 1. The van der Waals surface area contributed by atoms with Crippen molar-refractivity contribution in [3.8, 4) is 0 Å². The van der Waals surface area contributed by atoms with Gasteiger partial charge in [0, 0.05) is 41.4 Å². The molecule has 0 bridgehead atoms. The van der Waals surface area contributed by atoms with Crippen LogP contribution in [0.2, 0.25) is 0 Å². The molecule has 1 fully saturated rings. The van der Waals surface area contributed by atoms with E-state index in [0.717, 1.165) is 11.9 Å². The monoisotopic (exact) mass is 309 g/mol. The fourth-order valence-corrected chi connectivity index (χ4v) is 4.17. The zero-order valence-electron chi connectivity index (χ0n) is 11.8. The number of nitrogens with two attached hydrogens (primary N) is 1. The van der Waals surface area contributed by atoms with Gasteiger partial charge in [-0.15, -0.1) is 0 Å². The molecule has 1 saturated heterocycles. The van der Waals surface area contributed by atoms with Crippen LogP contribution in [0, 0.1) is 5.92 Å². The van der Waals surface area contributed by atoms with E-state index in [1.54, 1.807) is 18.2 Å². The quantitative estimate of drug-likeness (QED) is 0.745. The third-order valence-corrected chi connectivity index (χ3v) is 5.57. The minimum absolute atomic E-state index is 0.163. The topological polar surface area (TPSA) is 97.2 Å². The summed E-state index contributed by atoms with van der Waals surface area (Å²) in [4.78, 5) is 3.20. The van der Waals surface area contributed by atoms with Gasteiger partial charge in [0.15, 0.2) is 0 Å². The molecule has 2 aromatic rings. The van der Waals surface area contributed by atoms with Gasteiger partial charge in [0.1, 0.15) is 4.90 Å². The maximum Gasteiger partial charge on any atom is 0.242 e. The average molecular weight is 309 g/mol. The molecule has 2 heterocycles. The largest absolute Gasteiger partial charge is 0.399 e. The lowest BCUT2D eigenvalue weighted by atomic mass is 10.0. The molecule has 0 aliphatic carbocycles. The van der Waals surface area contributed by atoms with E-state index in [-0.39, 0.29) is 16.9 Å². The smallest absolute Gasteiger partial charge is 0.242 e. The van der Waals surface area contributed by atoms with Crippen molar-refractivity contribution in [1.82, 2.24) is 9.71 Å². The molecule has 21 heavy (non-hydrogen) atoms. The number of rotatable bonds is 4. The summed E-state index contributed by atoms with van der Waals surface area (Å²) in [5.74, 6) is 0.218. The molecular formula is C14H19N3O3S. The normalized spacial score (nSPS) is 20.9. The van der Waals surface area contributed by atoms with Crippen LogP contribution in [-0.4, -0.2) is 32.7 Å². The van der Waals surface area contributed by atoms with E-state index < -0.39 is 10.0 Å². The number of sulfonamides is 1. The van der Waals surface area contributed by atoms with Crippen LogP contribution >= 0.6 is 0 Å². The lowest BCUT2D eigenvalue weighted by Gasteiger charge is -2.18. The highest BCUT2D eigenvalue weighted by Crippen LogP contribution is 2.26. The Morgan fingerprint density at radius 2 is 2.29 bits per heavy atom. The van der Waals surface area contributed by atoms with E-state index in [4.69, 9.17) is 10.5 Å². The van der Waals surface area contributed by atoms with Gasteiger partial charge >= 0.3 is 0 Å². The van der Waals surface area contributed by atoms with Crippen LogP contribution < -0.4 is 10.5 Å². The Balaban J connectivity index is 1.91. The minimum atomic E-state index is -3.59. The fraction of sp³-hybridized carbons (Fsp3) is 0.429. The van der Waals surface area contributed by atoms with Crippen LogP contribution in [0.15, 0.2) is 29.3 Å². The van der Waals surface area contributed by atoms with E-state index in [2.05, 4.69) is 9.71 Å². The number of anilines is 1. The van der Waals surface area contributed by atoms with E-state index >= 15 is 0 Å². The third-order valence-electron chi connectivity index (χ3n) is 3.97. The summed E-state index contributed by atoms with van der Waals surface area (Å²) in [6.07, 6.45) is 2.38. The van der Waals surface area contributed by atoms with Gasteiger partial charge in [-0.2, -0.15) is 0 Å². The second kappa shape index (κ2) is 5.32. The van der Waals surface area contributed by atoms with Crippen molar-refractivity contribution >= 4 is 26.6 Å². The predicted molar refractivity (Wildman–Crippen MR) is 81.4 cm³/mol. The van der Waals surface area contributed by atoms with Gasteiger partial charge in [0.25, 0.3) is 0 Å². The van der Waals surface area contributed by atoms with Crippen LogP contribution in [0.25, 0.3) is 10.9 Å². The van der Waals surface area contributed by atoms with Crippen LogP contribution in [0.3, 0.4) is 0 Å². The first-order chi connectivity index (χ1) is 9.97. The molecule has 6 nitrogen and oxygen atoms in total. The molecule has 2 atom stereocenters. The van der Waals surface area contributed by atoms with E-state index in [1.807, 2.05) is 6.92 Å². The lowest BCUT2D eigenvalue weighted by molar-refractivity contribution is 0.180. The number of nitrogen functional groups attached to an aromatic ring is 1. The van der Waals surface area contributed by atoms with Crippen LogP contribution in [0.1, 0.15) is 13.3 Å². The molecule has 1 aliphatic heterocycles. The number of H-pyrrole nitrogens is 1. The molecule has 0 amide bonds. The Bertz CT molecular complexity index is 748. The molecule has 114 valence electrons. The first kappa shape index (κ1) is 14.4.